The smallest absolute Gasteiger partial charge is 0.241 e. The Balaban J connectivity index is 1.91. The van der Waals surface area contributed by atoms with Crippen LogP contribution in [-0.4, -0.2) is 30.1 Å². The zero-order chi connectivity index (χ0) is 12.1. The van der Waals surface area contributed by atoms with E-state index in [9.17, 15) is 4.79 Å². The molecule has 0 bridgehead atoms. The Morgan fingerprint density at radius 1 is 1.65 bits per heavy atom. The third-order valence-electron chi connectivity index (χ3n) is 2.67. The van der Waals surface area contributed by atoms with Crippen LogP contribution in [0.3, 0.4) is 0 Å². The Morgan fingerprint density at radius 2 is 2.53 bits per heavy atom. The molecule has 0 radical (unpaired) electrons. The van der Waals surface area contributed by atoms with Crippen molar-refractivity contribution in [3.8, 4) is 5.88 Å². The second kappa shape index (κ2) is 5.63. The van der Waals surface area contributed by atoms with Crippen LogP contribution < -0.4 is 15.4 Å². The average molecular weight is 235 g/mol. The first-order valence-electron chi connectivity index (χ1n) is 5.92. The van der Waals surface area contributed by atoms with E-state index in [1.165, 1.54) is 0 Å². The summed E-state index contributed by atoms with van der Waals surface area (Å²) in [6.45, 7) is 3.41. The van der Waals surface area contributed by atoms with Gasteiger partial charge in [0.1, 0.15) is 0 Å². The van der Waals surface area contributed by atoms with Gasteiger partial charge in [0.2, 0.25) is 11.8 Å². The fourth-order valence-corrected chi connectivity index (χ4v) is 1.83. The molecule has 17 heavy (non-hydrogen) atoms. The molecule has 5 nitrogen and oxygen atoms in total. The van der Waals surface area contributed by atoms with Crippen molar-refractivity contribution in [2.75, 3.05) is 18.5 Å². The van der Waals surface area contributed by atoms with Crippen LogP contribution in [0.4, 0.5) is 5.69 Å². The largest absolute Gasteiger partial charge is 0.478 e. The third kappa shape index (κ3) is 3.17. The van der Waals surface area contributed by atoms with Crippen molar-refractivity contribution in [1.29, 1.82) is 0 Å². The van der Waals surface area contributed by atoms with Crippen molar-refractivity contribution in [2.24, 2.45) is 0 Å². The highest BCUT2D eigenvalue weighted by molar-refractivity contribution is 5.94. The second-order valence-electron chi connectivity index (χ2n) is 3.96. The number of carbonyl (C=O) groups excluding carboxylic acids is 1. The molecule has 0 aromatic carbocycles. The van der Waals surface area contributed by atoms with Gasteiger partial charge < -0.3 is 15.4 Å². The van der Waals surface area contributed by atoms with Crippen molar-refractivity contribution in [3.63, 3.8) is 0 Å². The number of aromatic nitrogens is 1. The van der Waals surface area contributed by atoms with Gasteiger partial charge in [-0.3, -0.25) is 4.79 Å². The zero-order valence-electron chi connectivity index (χ0n) is 9.90. The van der Waals surface area contributed by atoms with Gasteiger partial charge in [0.25, 0.3) is 0 Å². The van der Waals surface area contributed by atoms with Crippen molar-refractivity contribution in [2.45, 2.75) is 25.8 Å². The summed E-state index contributed by atoms with van der Waals surface area (Å²) in [7, 11) is 0. The number of hydrogen-bond acceptors (Lipinski definition) is 4. The van der Waals surface area contributed by atoms with E-state index in [1.807, 2.05) is 6.92 Å². The van der Waals surface area contributed by atoms with Crippen molar-refractivity contribution < 1.29 is 9.53 Å². The van der Waals surface area contributed by atoms with Crippen LogP contribution in [-0.2, 0) is 4.79 Å². The van der Waals surface area contributed by atoms with Crippen LogP contribution in [0.2, 0.25) is 0 Å². The first kappa shape index (κ1) is 11.9. The molecule has 1 atom stereocenters. The van der Waals surface area contributed by atoms with E-state index in [2.05, 4.69) is 15.6 Å². The lowest BCUT2D eigenvalue weighted by molar-refractivity contribution is -0.117. The second-order valence-corrected chi connectivity index (χ2v) is 3.96. The first-order valence-corrected chi connectivity index (χ1v) is 5.92. The molecule has 2 N–H and O–H groups in total. The van der Waals surface area contributed by atoms with Crippen LogP contribution in [0.1, 0.15) is 19.8 Å². The Morgan fingerprint density at radius 3 is 3.12 bits per heavy atom. The summed E-state index contributed by atoms with van der Waals surface area (Å²) >= 11 is 0. The van der Waals surface area contributed by atoms with Gasteiger partial charge in [-0.05, 0) is 32.4 Å². The summed E-state index contributed by atoms with van der Waals surface area (Å²) in [4.78, 5) is 15.9. The molecule has 1 aromatic heterocycles. The van der Waals surface area contributed by atoms with E-state index < -0.39 is 0 Å². The van der Waals surface area contributed by atoms with Gasteiger partial charge in [-0.1, -0.05) is 0 Å². The number of pyridine rings is 1. The van der Waals surface area contributed by atoms with E-state index in [0.29, 0.717) is 18.2 Å². The van der Waals surface area contributed by atoms with Gasteiger partial charge in [0.05, 0.1) is 24.5 Å². The van der Waals surface area contributed by atoms with E-state index in [4.69, 9.17) is 4.74 Å². The molecule has 0 spiro atoms. The minimum atomic E-state index is -0.0680. The summed E-state index contributed by atoms with van der Waals surface area (Å²) in [6.07, 6.45) is 3.56. The van der Waals surface area contributed by atoms with Gasteiger partial charge in [-0.15, -0.1) is 0 Å². The molecule has 1 saturated heterocycles. The lowest BCUT2D eigenvalue weighted by atomic mass is 10.2. The summed E-state index contributed by atoms with van der Waals surface area (Å²) in [5.74, 6) is 0.581. The van der Waals surface area contributed by atoms with Crippen molar-refractivity contribution >= 4 is 11.6 Å². The number of amides is 1. The molecular formula is C12H17N3O2. The minimum Gasteiger partial charge on any atom is -0.478 e. The molecule has 0 saturated carbocycles. The number of nitrogens with one attached hydrogen (secondary N) is 2. The minimum absolute atomic E-state index is 0.00783. The van der Waals surface area contributed by atoms with E-state index in [0.717, 1.165) is 19.4 Å². The number of carbonyl (C=O) groups is 1. The van der Waals surface area contributed by atoms with Gasteiger partial charge in [-0.2, -0.15) is 0 Å². The molecule has 1 aromatic rings. The van der Waals surface area contributed by atoms with Gasteiger partial charge >= 0.3 is 0 Å². The Hall–Kier alpha value is -1.62. The van der Waals surface area contributed by atoms with E-state index in [-0.39, 0.29) is 11.9 Å². The molecule has 2 heterocycles. The van der Waals surface area contributed by atoms with E-state index in [1.54, 1.807) is 18.3 Å². The summed E-state index contributed by atoms with van der Waals surface area (Å²) in [5, 5.41) is 5.98. The molecular weight excluding hydrogens is 218 g/mol. The zero-order valence-corrected chi connectivity index (χ0v) is 9.90. The Kier molecular flexibility index (Phi) is 3.93. The topological polar surface area (TPSA) is 63.2 Å². The summed E-state index contributed by atoms with van der Waals surface area (Å²) in [5.41, 5.74) is 0.701. The molecule has 92 valence electrons. The van der Waals surface area contributed by atoms with Crippen molar-refractivity contribution in [3.05, 3.63) is 18.3 Å². The monoisotopic (exact) mass is 235 g/mol. The maximum atomic E-state index is 11.8. The normalized spacial score (nSPS) is 19.0. The van der Waals surface area contributed by atoms with Gasteiger partial charge in [0.15, 0.2) is 0 Å². The number of hydrogen-bond donors (Lipinski definition) is 2. The summed E-state index contributed by atoms with van der Waals surface area (Å²) < 4.78 is 5.23. The molecule has 1 aliphatic heterocycles. The maximum Gasteiger partial charge on any atom is 0.241 e. The first-order chi connectivity index (χ1) is 8.29. The van der Waals surface area contributed by atoms with Gasteiger partial charge in [-0.25, -0.2) is 4.98 Å². The molecule has 0 unspecified atom stereocenters. The fraction of sp³-hybridized carbons (Fsp3) is 0.500. The van der Waals surface area contributed by atoms with Crippen molar-refractivity contribution in [1.82, 2.24) is 10.3 Å². The predicted octanol–water partition coefficient (Wildman–Crippen LogP) is 1.17. The SMILES string of the molecule is CCOc1ccc(NC(=O)[C@@H]2CCCN2)cn1. The number of ether oxygens (including phenoxy) is 1. The lowest BCUT2D eigenvalue weighted by Gasteiger charge is -2.11. The number of nitrogens with zero attached hydrogens (tertiary/aromatic N) is 1. The Labute approximate surface area is 101 Å². The fourth-order valence-electron chi connectivity index (χ4n) is 1.83. The average Bonchev–Trinajstić information content (AvgIpc) is 2.86. The van der Waals surface area contributed by atoms with Crippen LogP contribution in [0.15, 0.2) is 18.3 Å². The third-order valence-corrected chi connectivity index (χ3v) is 2.67. The van der Waals surface area contributed by atoms with Crippen LogP contribution in [0, 0.1) is 0 Å². The predicted molar refractivity (Wildman–Crippen MR) is 65.1 cm³/mol. The Bertz CT molecular complexity index is 372. The molecule has 1 amide bonds. The number of rotatable bonds is 4. The molecule has 2 rings (SSSR count). The van der Waals surface area contributed by atoms with Gasteiger partial charge in [0, 0.05) is 6.07 Å². The van der Waals surface area contributed by atoms with Crippen LogP contribution >= 0.6 is 0 Å². The molecule has 1 aliphatic rings. The lowest BCUT2D eigenvalue weighted by Crippen LogP contribution is -2.35. The standard InChI is InChI=1S/C12H17N3O2/c1-2-17-11-6-5-9(8-14-11)15-12(16)10-4-3-7-13-10/h5-6,8,10,13H,2-4,7H2,1H3,(H,15,16)/t10-/m0/s1. The van der Waals surface area contributed by atoms with Crippen LogP contribution in [0.25, 0.3) is 0 Å². The maximum absolute atomic E-state index is 11.8. The number of anilines is 1. The molecule has 0 aliphatic carbocycles. The summed E-state index contributed by atoms with van der Waals surface area (Å²) in [6, 6.07) is 3.48. The van der Waals surface area contributed by atoms with Crippen LogP contribution in [0.5, 0.6) is 5.88 Å². The highest BCUT2D eigenvalue weighted by Gasteiger charge is 2.21. The molecule has 5 heteroatoms. The quantitative estimate of drug-likeness (QED) is 0.822. The highest BCUT2D eigenvalue weighted by Crippen LogP contribution is 2.13. The molecule has 1 fully saturated rings. The van der Waals surface area contributed by atoms with E-state index >= 15 is 0 Å². The highest BCUT2D eigenvalue weighted by atomic mass is 16.5.